The van der Waals surface area contributed by atoms with Crippen molar-refractivity contribution in [1.82, 2.24) is 9.29 Å². The van der Waals surface area contributed by atoms with Crippen LogP contribution in [0.15, 0.2) is 23.2 Å². The molecule has 2 unspecified atom stereocenters. The molecule has 106 valence electrons. The van der Waals surface area contributed by atoms with E-state index in [1.807, 2.05) is 0 Å². The molecule has 5 nitrogen and oxygen atoms in total. The van der Waals surface area contributed by atoms with Crippen LogP contribution in [0.1, 0.15) is 32.6 Å². The van der Waals surface area contributed by atoms with Crippen molar-refractivity contribution in [3.8, 4) is 0 Å². The maximum Gasteiger partial charge on any atom is 0.246 e. The number of nitrogen functional groups attached to an aromatic ring is 1. The maximum atomic E-state index is 12.6. The SMILES string of the molecule is CC1CCCCC1N(C)S(=O)(=O)c1cccnc1N. The van der Waals surface area contributed by atoms with E-state index in [1.165, 1.54) is 23.0 Å². The van der Waals surface area contributed by atoms with Crippen molar-refractivity contribution in [1.29, 1.82) is 0 Å². The molecule has 1 aromatic heterocycles. The average molecular weight is 283 g/mol. The van der Waals surface area contributed by atoms with Gasteiger partial charge in [0.1, 0.15) is 10.7 Å². The quantitative estimate of drug-likeness (QED) is 0.918. The molecule has 1 aliphatic carbocycles. The molecular formula is C13H21N3O2S. The fourth-order valence-corrected chi connectivity index (χ4v) is 4.34. The molecule has 2 N–H and O–H groups in total. The van der Waals surface area contributed by atoms with Crippen LogP contribution in [0.25, 0.3) is 0 Å². The van der Waals surface area contributed by atoms with E-state index in [-0.39, 0.29) is 16.8 Å². The molecule has 1 heterocycles. The second kappa shape index (κ2) is 5.46. The fourth-order valence-electron chi connectivity index (χ4n) is 2.79. The number of nitrogens with two attached hydrogens (primary N) is 1. The molecule has 19 heavy (non-hydrogen) atoms. The first-order valence-corrected chi connectivity index (χ1v) is 8.07. The van der Waals surface area contributed by atoms with Gasteiger partial charge in [-0.3, -0.25) is 0 Å². The van der Waals surface area contributed by atoms with E-state index in [4.69, 9.17) is 5.73 Å². The Hall–Kier alpha value is -1.14. The summed E-state index contributed by atoms with van der Waals surface area (Å²) in [5.41, 5.74) is 5.69. The van der Waals surface area contributed by atoms with Crippen molar-refractivity contribution in [3.05, 3.63) is 18.3 Å². The first-order chi connectivity index (χ1) is 8.94. The van der Waals surface area contributed by atoms with Gasteiger partial charge in [0.25, 0.3) is 0 Å². The van der Waals surface area contributed by atoms with Crippen LogP contribution < -0.4 is 5.73 Å². The van der Waals surface area contributed by atoms with E-state index in [1.54, 1.807) is 13.1 Å². The van der Waals surface area contributed by atoms with Crippen LogP contribution in [0.3, 0.4) is 0 Å². The number of hydrogen-bond acceptors (Lipinski definition) is 4. The predicted octanol–water partition coefficient (Wildman–Crippen LogP) is 1.86. The van der Waals surface area contributed by atoms with E-state index in [9.17, 15) is 8.42 Å². The third-order valence-electron chi connectivity index (χ3n) is 3.99. The minimum absolute atomic E-state index is 0.0540. The van der Waals surface area contributed by atoms with E-state index in [0.717, 1.165) is 19.3 Å². The van der Waals surface area contributed by atoms with Gasteiger partial charge in [0.05, 0.1) is 0 Å². The van der Waals surface area contributed by atoms with Gasteiger partial charge in [0, 0.05) is 19.3 Å². The minimum Gasteiger partial charge on any atom is -0.383 e. The first-order valence-electron chi connectivity index (χ1n) is 6.63. The molecule has 2 atom stereocenters. The van der Waals surface area contributed by atoms with Crippen LogP contribution in [0.2, 0.25) is 0 Å². The maximum absolute atomic E-state index is 12.6. The number of pyridine rings is 1. The van der Waals surface area contributed by atoms with Gasteiger partial charge in [-0.05, 0) is 30.9 Å². The zero-order valence-corrected chi connectivity index (χ0v) is 12.2. The smallest absolute Gasteiger partial charge is 0.246 e. The Balaban J connectivity index is 2.31. The van der Waals surface area contributed by atoms with Crippen molar-refractivity contribution >= 4 is 15.8 Å². The molecule has 0 saturated heterocycles. The molecular weight excluding hydrogens is 262 g/mol. The Morgan fingerprint density at radius 3 is 2.68 bits per heavy atom. The van der Waals surface area contributed by atoms with Gasteiger partial charge < -0.3 is 5.73 Å². The lowest BCUT2D eigenvalue weighted by Crippen LogP contribution is -2.42. The third-order valence-corrected chi connectivity index (χ3v) is 5.92. The van der Waals surface area contributed by atoms with Crippen molar-refractivity contribution < 1.29 is 8.42 Å². The monoisotopic (exact) mass is 283 g/mol. The predicted molar refractivity (Wildman–Crippen MR) is 75.0 cm³/mol. The van der Waals surface area contributed by atoms with E-state index >= 15 is 0 Å². The lowest BCUT2D eigenvalue weighted by molar-refractivity contribution is 0.213. The molecule has 0 radical (unpaired) electrons. The summed E-state index contributed by atoms with van der Waals surface area (Å²) in [5, 5.41) is 0. The van der Waals surface area contributed by atoms with Gasteiger partial charge in [-0.15, -0.1) is 0 Å². The second-order valence-electron chi connectivity index (χ2n) is 5.24. The summed E-state index contributed by atoms with van der Waals surface area (Å²) in [6, 6.07) is 3.17. The van der Waals surface area contributed by atoms with Gasteiger partial charge >= 0.3 is 0 Å². The fraction of sp³-hybridized carbons (Fsp3) is 0.615. The van der Waals surface area contributed by atoms with Gasteiger partial charge in [0.2, 0.25) is 10.0 Å². The van der Waals surface area contributed by atoms with Gasteiger partial charge in [-0.1, -0.05) is 19.8 Å². The standard InChI is InChI=1S/C13H21N3O2S/c1-10-6-3-4-7-11(10)16(2)19(17,18)12-8-5-9-15-13(12)14/h5,8-11H,3-4,6-7H2,1-2H3,(H2,14,15). The van der Waals surface area contributed by atoms with Gasteiger partial charge in [-0.25, -0.2) is 13.4 Å². The molecule has 2 rings (SSSR count). The zero-order chi connectivity index (χ0) is 14.0. The molecule has 6 heteroatoms. The third kappa shape index (κ3) is 2.74. The lowest BCUT2D eigenvalue weighted by Gasteiger charge is -2.35. The van der Waals surface area contributed by atoms with Crippen LogP contribution in [0.5, 0.6) is 0 Å². The minimum atomic E-state index is -3.56. The Morgan fingerprint density at radius 2 is 2.05 bits per heavy atom. The number of rotatable bonds is 3. The summed E-state index contributed by atoms with van der Waals surface area (Å²) >= 11 is 0. The highest BCUT2D eigenvalue weighted by Crippen LogP contribution is 2.31. The van der Waals surface area contributed by atoms with Crippen molar-refractivity contribution in [2.24, 2.45) is 5.92 Å². The molecule has 0 aliphatic heterocycles. The number of sulfonamides is 1. The molecule has 0 spiro atoms. The Morgan fingerprint density at radius 1 is 1.37 bits per heavy atom. The molecule has 0 amide bonds. The molecule has 0 bridgehead atoms. The largest absolute Gasteiger partial charge is 0.383 e. The topological polar surface area (TPSA) is 76.3 Å². The Bertz CT molecular complexity index is 545. The zero-order valence-electron chi connectivity index (χ0n) is 11.4. The number of nitrogens with zero attached hydrogens (tertiary/aromatic N) is 2. The summed E-state index contributed by atoms with van der Waals surface area (Å²) < 4.78 is 26.7. The average Bonchev–Trinajstić information content (AvgIpc) is 2.39. The van der Waals surface area contributed by atoms with Gasteiger partial charge in [0.15, 0.2) is 0 Å². The van der Waals surface area contributed by atoms with Crippen LogP contribution in [0, 0.1) is 5.92 Å². The highest BCUT2D eigenvalue weighted by Gasteiger charge is 2.34. The van der Waals surface area contributed by atoms with Gasteiger partial charge in [-0.2, -0.15) is 4.31 Å². The van der Waals surface area contributed by atoms with Crippen molar-refractivity contribution in [3.63, 3.8) is 0 Å². The Kier molecular flexibility index (Phi) is 4.10. The Labute approximate surface area is 114 Å². The van der Waals surface area contributed by atoms with Crippen LogP contribution in [-0.2, 0) is 10.0 Å². The summed E-state index contributed by atoms with van der Waals surface area (Å²) in [6.45, 7) is 2.11. The number of aromatic nitrogens is 1. The molecule has 1 saturated carbocycles. The molecule has 1 aliphatic rings. The first kappa shape index (κ1) is 14.3. The molecule has 0 aromatic carbocycles. The van der Waals surface area contributed by atoms with Crippen molar-refractivity contribution in [2.75, 3.05) is 12.8 Å². The highest BCUT2D eigenvalue weighted by atomic mass is 32.2. The number of hydrogen-bond donors (Lipinski definition) is 1. The van der Waals surface area contributed by atoms with E-state index in [0.29, 0.717) is 5.92 Å². The van der Waals surface area contributed by atoms with E-state index in [2.05, 4.69) is 11.9 Å². The van der Waals surface area contributed by atoms with Crippen molar-refractivity contribution in [2.45, 2.75) is 43.5 Å². The van der Waals surface area contributed by atoms with Crippen LogP contribution >= 0.6 is 0 Å². The second-order valence-corrected chi connectivity index (χ2v) is 7.20. The molecule has 1 aromatic rings. The highest BCUT2D eigenvalue weighted by molar-refractivity contribution is 7.89. The van der Waals surface area contributed by atoms with Crippen LogP contribution in [-0.4, -0.2) is 30.8 Å². The lowest BCUT2D eigenvalue weighted by atomic mass is 9.86. The summed E-state index contributed by atoms with van der Waals surface area (Å²) in [6.07, 6.45) is 5.75. The normalized spacial score (nSPS) is 24.6. The number of anilines is 1. The molecule has 1 fully saturated rings. The summed E-state index contributed by atoms with van der Waals surface area (Å²) in [5.74, 6) is 0.448. The van der Waals surface area contributed by atoms with Crippen LogP contribution in [0.4, 0.5) is 5.82 Å². The summed E-state index contributed by atoms with van der Waals surface area (Å²) in [7, 11) is -1.91. The summed E-state index contributed by atoms with van der Waals surface area (Å²) in [4.78, 5) is 3.97. The van der Waals surface area contributed by atoms with E-state index < -0.39 is 10.0 Å².